The molecule has 100 valence electrons. The van der Waals surface area contributed by atoms with Crippen LogP contribution in [-0.2, 0) is 4.79 Å². The second-order valence-electron chi connectivity index (χ2n) is 4.65. The topological polar surface area (TPSA) is 32.7 Å². The molecule has 0 saturated heterocycles. The van der Waals surface area contributed by atoms with Gasteiger partial charge in [0.1, 0.15) is 6.54 Å². The molecule has 0 spiro atoms. The van der Waals surface area contributed by atoms with E-state index in [1.165, 1.54) is 0 Å². The quantitative estimate of drug-likeness (QED) is 0.794. The minimum atomic E-state index is -0.0282. The summed E-state index contributed by atoms with van der Waals surface area (Å²) in [7, 11) is 1.76. The average molecular weight is 291 g/mol. The number of anilines is 1. The Hall–Kier alpha value is -2.13. The number of carbonyl (C=O) groups is 1. The van der Waals surface area contributed by atoms with E-state index in [9.17, 15) is 4.79 Å². The lowest BCUT2D eigenvalue weighted by atomic mass is 10.2. The van der Waals surface area contributed by atoms with Crippen molar-refractivity contribution in [3.8, 4) is 0 Å². The third-order valence-corrected chi connectivity index (χ3v) is 3.60. The van der Waals surface area contributed by atoms with E-state index in [1.54, 1.807) is 18.0 Å². The van der Waals surface area contributed by atoms with Gasteiger partial charge in [0.25, 0.3) is 0 Å². The van der Waals surface area contributed by atoms with Gasteiger partial charge in [0, 0.05) is 23.2 Å². The van der Waals surface area contributed by atoms with E-state index in [0.29, 0.717) is 5.02 Å². The third-order valence-electron chi connectivity index (χ3n) is 3.37. The van der Waals surface area contributed by atoms with Crippen LogP contribution >= 0.6 is 11.6 Å². The van der Waals surface area contributed by atoms with Crippen LogP contribution in [-0.4, -0.2) is 25.2 Å². The second-order valence-corrected chi connectivity index (χ2v) is 5.08. The number of halogens is 1. The van der Waals surface area contributed by atoms with Gasteiger partial charge in [-0.25, -0.2) is 0 Å². The van der Waals surface area contributed by atoms with Crippen LogP contribution in [0.1, 0.15) is 11.1 Å². The molecule has 0 unspecified atom stereocenters. The molecule has 4 heteroatoms. The molecule has 2 aromatic rings. The molecule has 0 N–H and O–H groups in total. The van der Waals surface area contributed by atoms with Gasteiger partial charge < -0.3 is 4.90 Å². The third kappa shape index (κ3) is 2.21. The van der Waals surface area contributed by atoms with Gasteiger partial charge in [0.05, 0.1) is 11.4 Å². The predicted octanol–water partition coefficient (Wildman–Crippen LogP) is 3.15. The molecule has 0 aliphatic carbocycles. The van der Waals surface area contributed by atoms with Gasteiger partial charge in [-0.3, -0.25) is 9.79 Å². The largest absolute Gasteiger partial charge is 0.313 e. The Balaban J connectivity index is 2.23. The first-order valence-corrected chi connectivity index (χ1v) is 6.71. The van der Waals surface area contributed by atoms with E-state index in [4.69, 9.17) is 11.6 Å². The fourth-order valence-electron chi connectivity index (χ4n) is 2.31. The number of benzodiazepines with no additional fused rings is 1. The maximum absolute atomic E-state index is 12.0. The minimum Gasteiger partial charge on any atom is -0.313 e. The standard InChI is InChI=1S/C16H13ClN2O/c1-19-14-8-7-12(17)9-13(14)16(18-10-15(19)20)11-5-3-2-4-6-11/h2-9H,10H2,1H3/i7+1,8+1,9+1,12+1,13+1,14+1. The Morgan fingerprint density at radius 1 is 1.15 bits per heavy atom. The van der Waals surface area contributed by atoms with Crippen LogP contribution in [0, 0.1) is 0 Å². The summed E-state index contributed by atoms with van der Waals surface area (Å²) in [5, 5.41) is 0.634. The van der Waals surface area contributed by atoms with Crippen molar-refractivity contribution in [2.24, 2.45) is 4.99 Å². The second kappa shape index (κ2) is 5.10. The molecule has 0 aromatic heterocycles. The highest BCUT2D eigenvalue weighted by atomic mass is 35.5. The molecule has 20 heavy (non-hydrogen) atoms. The molecule has 3 nitrogen and oxygen atoms in total. The normalized spacial score (nSPS) is 14.6. The molecule has 0 atom stereocenters. The Kier molecular flexibility index (Phi) is 3.28. The zero-order chi connectivity index (χ0) is 14.1. The fraction of sp³-hybridized carbons (Fsp3) is 0.125. The van der Waals surface area contributed by atoms with E-state index >= 15 is 0 Å². The number of hydrogen-bond acceptors (Lipinski definition) is 2. The number of fused-ring (bicyclic) bond motifs is 1. The lowest BCUT2D eigenvalue weighted by molar-refractivity contribution is -0.116. The van der Waals surface area contributed by atoms with E-state index in [0.717, 1.165) is 22.5 Å². The van der Waals surface area contributed by atoms with Crippen LogP contribution in [0.3, 0.4) is 0 Å². The van der Waals surface area contributed by atoms with Gasteiger partial charge in [0.15, 0.2) is 0 Å². The van der Waals surface area contributed by atoms with E-state index in [-0.39, 0.29) is 12.5 Å². The maximum Gasteiger partial charge on any atom is 0.248 e. The summed E-state index contributed by atoms with van der Waals surface area (Å²) < 4.78 is 0. The van der Waals surface area contributed by atoms with Gasteiger partial charge in [0.2, 0.25) is 5.91 Å². The summed E-state index contributed by atoms with van der Waals surface area (Å²) in [5.74, 6) is -0.0282. The molecule has 1 aliphatic rings. The Morgan fingerprint density at radius 3 is 2.65 bits per heavy atom. The van der Waals surface area contributed by atoms with Crippen molar-refractivity contribution in [2.45, 2.75) is 0 Å². The van der Waals surface area contributed by atoms with E-state index in [2.05, 4.69) is 4.99 Å². The number of hydrogen-bond donors (Lipinski definition) is 0. The van der Waals surface area contributed by atoms with Crippen molar-refractivity contribution in [3.05, 3.63) is 64.7 Å². The Morgan fingerprint density at radius 2 is 1.90 bits per heavy atom. The Bertz CT molecular complexity index is 695. The smallest absolute Gasteiger partial charge is 0.248 e. The van der Waals surface area contributed by atoms with Gasteiger partial charge >= 0.3 is 0 Å². The molecule has 3 rings (SSSR count). The molecular formula is C16H13ClN2O. The van der Waals surface area contributed by atoms with Crippen molar-refractivity contribution >= 4 is 28.9 Å². The Labute approximate surface area is 122 Å². The highest BCUT2D eigenvalue weighted by molar-refractivity contribution is 6.32. The summed E-state index contributed by atoms with van der Waals surface area (Å²) >= 11 is 6.11. The summed E-state index contributed by atoms with van der Waals surface area (Å²) in [5.41, 5.74) is 3.51. The first kappa shape index (κ1) is 12.9. The fourth-order valence-corrected chi connectivity index (χ4v) is 2.48. The molecule has 1 aliphatic heterocycles. The number of benzene rings is 2. The van der Waals surface area contributed by atoms with Crippen LogP contribution in [0.2, 0.25) is 5.02 Å². The summed E-state index contributed by atoms with van der Waals surface area (Å²) in [6.07, 6.45) is 0. The van der Waals surface area contributed by atoms with Crippen molar-refractivity contribution in [3.63, 3.8) is 0 Å². The van der Waals surface area contributed by atoms with Gasteiger partial charge in [-0.05, 0) is 18.2 Å². The molecule has 0 saturated carbocycles. The lowest BCUT2D eigenvalue weighted by Crippen LogP contribution is -2.27. The number of likely N-dealkylation sites (N-methyl/N-ethyl adjacent to an activating group) is 1. The number of nitrogens with zero attached hydrogens (tertiary/aromatic N) is 2. The van der Waals surface area contributed by atoms with E-state index < -0.39 is 0 Å². The monoisotopic (exact) mass is 290 g/mol. The summed E-state index contributed by atoms with van der Waals surface area (Å²) in [6, 6.07) is 15.3. The van der Waals surface area contributed by atoms with Crippen LogP contribution in [0.4, 0.5) is 5.69 Å². The number of rotatable bonds is 1. The molecule has 1 heterocycles. The number of aliphatic imine (C=N–C) groups is 1. The summed E-state index contributed by atoms with van der Waals surface area (Å²) in [6.45, 7) is 0.146. The molecule has 0 fully saturated rings. The maximum atomic E-state index is 12.0. The molecular weight excluding hydrogens is 278 g/mol. The van der Waals surface area contributed by atoms with Crippen LogP contribution in [0.5, 0.6) is 0 Å². The van der Waals surface area contributed by atoms with Crippen LogP contribution in [0.15, 0.2) is 53.5 Å². The van der Waals surface area contributed by atoms with Gasteiger partial charge in [-0.2, -0.15) is 0 Å². The highest BCUT2D eigenvalue weighted by Gasteiger charge is 2.22. The van der Waals surface area contributed by atoms with Crippen molar-refractivity contribution < 1.29 is 4.79 Å². The van der Waals surface area contributed by atoms with Crippen LogP contribution < -0.4 is 4.90 Å². The number of amides is 1. The number of carbonyl (C=O) groups excluding carboxylic acids is 1. The zero-order valence-electron chi connectivity index (χ0n) is 11.0. The first-order valence-electron chi connectivity index (χ1n) is 6.33. The van der Waals surface area contributed by atoms with Crippen molar-refractivity contribution in [1.82, 2.24) is 0 Å². The van der Waals surface area contributed by atoms with Gasteiger partial charge in [-0.1, -0.05) is 41.9 Å². The van der Waals surface area contributed by atoms with Crippen LogP contribution in [0.25, 0.3) is 0 Å². The molecule has 1 amide bonds. The SMILES string of the molecule is CN1C(=O)CN=C(c2ccccc2)[13c]2[13cH][13c](Cl)[13cH][13cH][13c]21. The molecule has 0 bridgehead atoms. The summed E-state index contributed by atoms with van der Waals surface area (Å²) in [4.78, 5) is 18.1. The van der Waals surface area contributed by atoms with Crippen molar-refractivity contribution in [1.29, 1.82) is 0 Å². The molecule has 2 aromatic carbocycles. The average Bonchev–Trinajstić information content (AvgIpc) is 2.58. The van der Waals surface area contributed by atoms with Gasteiger partial charge in [-0.15, -0.1) is 0 Å². The van der Waals surface area contributed by atoms with E-state index in [1.807, 2.05) is 42.5 Å². The zero-order valence-corrected chi connectivity index (χ0v) is 11.8. The highest BCUT2D eigenvalue weighted by Crippen LogP contribution is 2.28. The lowest BCUT2D eigenvalue weighted by Gasteiger charge is -2.18. The predicted molar refractivity (Wildman–Crippen MR) is 81.8 cm³/mol. The minimum absolute atomic E-state index is 0.0282. The first-order chi connectivity index (χ1) is 9.66. The van der Waals surface area contributed by atoms with Crippen molar-refractivity contribution in [2.75, 3.05) is 18.5 Å². The molecule has 0 radical (unpaired) electrons.